The molecule has 118 valence electrons. The van der Waals surface area contributed by atoms with Crippen LogP contribution in [0.15, 0.2) is 53.6 Å². The van der Waals surface area contributed by atoms with Gasteiger partial charge in [0.15, 0.2) is 0 Å². The van der Waals surface area contributed by atoms with Gasteiger partial charge >= 0.3 is 0 Å². The van der Waals surface area contributed by atoms with Crippen LogP contribution in [-0.2, 0) is 9.53 Å². The highest BCUT2D eigenvalue weighted by atomic mass is 35.5. The first kappa shape index (κ1) is 15.4. The van der Waals surface area contributed by atoms with Crippen molar-refractivity contribution in [1.29, 1.82) is 0 Å². The Kier molecular flexibility index (Phi) is 4.21. The Bertz CT molecular complexity index is 759. The van der Waals surface area contributed by atoms with E-state index in [2.05, 4.69) is 5.10 Å². The van der Waals surface area contributed by atoms with E-state index in [0.29, 0.717) is 16.5 Å². The molecule has 0 fully saturated rings. The highest BCUT2D eigenvalue weighted by Crippen LogP contribution is 2.34. The highest BCUT2D eigenvalue weighted by Gasteiger charge is 2.34. The fourth-order valence-corrected chi connectivity index (χ4v) is 2.52. The van der Waals surface area contributed by atoms with E-state index in [4.69, 9.17) is 21.1 Å². The summed E-state index contributed by atoms with van der Waals surface area (Å²) >= 11 is 6.22. The lowest BCUT2D eigenvalue weighted by atomic mass is 10.2. The van der Waals surface area contributed by atoms with Gasteiger partial charge in [0.1, 0.15) is 5.75 Å². The number of hydrazone groups is 1. The van der Waals surface area contributed by atoms with E-state index in [1.807, 2.05) is 42.5 Å². The molecular formula is C17H15ClN2O3. The van der Waals surface area contributed by atoms with Crippen LogP contribution < -0.4 is 4.74 Å². The van der Waals surface area contributed by atoms with Gasteiger partial charge in [0.25, 0.3) is 0 Å². The van der Waals surface area contributed by atoms with Crippen LogP contribution in [0.1, 0.15) is 24.3 Å². The Balaban J connectivity index is 1.93. The van der Waals surface area contributed by atoms with Crippen molar-refractivity contribution in [3.63, 3.8) is 0 Å². The number of ether oxygens (including phenoxy) is 2. The van der Waals surface area contributed by atoms with Gasteiger partial charge in [-0.25, -0.2) is 0 Å². The molecule has 2 aromatic rings. The molecule has 0 spiro atoms. The van der Waals surface area contributed by atoms with Gasteiger partial charge in [-0.2, -0.15) is 5.01 Å². The molecule has 1 unspecified atom stereocenters. The second kappa shape index (κ2) is 6.30. The number of hydrogen-bond acceptors (Lipinski definition) is 4. The van der Waals surface area contributed by atoms with E-state index in [0.717, 1.165) is 11.3 Å². The average Bonchev–Trinajstić information content (AvgIpc) is 3.01. The Morgan fingerprint density at radius 2 is 1.91 bits per heavy atom. The van der Waals surface area contributed by atoms with Crippen LogP contribution in [0.2, 0.25) is 5.02 Å². The lowest BCUT2D eigenvalue weighted by Gasteiger charge is -2.20. The number of amides is 1. The lowest BCUT2D eigenvalue weighted by molar-refractivity contribution is -0.135. The molecule has 0 bridgehead atoms. The summed E-state index contributed by atoms with van der Waals surface area (Å²) in [7, 11) is 1.60. The van der Waals surface area contributed by atoms with Gasteiger partial charge in [0.2, 0.25) is 18.0 Å². The van der Waals surface area contributed by atoms with Crippen LogP contribution in [-0.4, -0.2) is 23.9 Å². The minimum atomic E-state index is -0.668. The molecular weight excluding hydrogens is 316 g/mol. The minimum Gasteiger partial charge on any atom is -0.497 e. The Hall–Kier alpha value is -2.53. The number of carbonyl (C=O) groups is 1. The van der Waals surface area contributed by atoms with E-state index in [-0.39, 0.29) is 5.91 Å². The SMILES string of the molecule is COc1ccc(C2=NN(C(C)=O)C(c3ccccc3Cl)O2)cc1. The standard InChI is InChI=1S/C17H15ClN2O3/c1-11(21)20-17(14-5-3-4-6-15(14)18)23-16(19-20)12-7-9-13(22-2)10-8-12/h3-10,17H,1-2H3. The van der Waals surface area contributed by atoms with Crippen LogP contribution in [0.25, 0.3) is 0 Å². The number of rotatable bonds is 3. The first-order chi connectivity index (χ1) is 11.1. The van der Waals surface area contributed by atoms with Crippen LogP contribution in [0.3, 0.4) is 0 Å². The fourth-order valence-electron chi connectivity index (χ4n) is 2.30. The first-order valence-corrected chi connectivity index (χ1v) is 7.42. The predicted molar refractivity (Wildman–Crippen MR) is 87.3 cm³/mol. The van der Waals surface area contributed by atoms with Gasteiger partial charge in [-0.1, -0.05) is 29.8 Å². The monoisotopic (exact) mass is 330 g/mol. The number of carbonyl (C=O) groups excluding carboxylic acids is 1. The second-order valence-electron chi connectivity index (χ2n) is 4.99. The maximum Gasteiger partial charge on any atom is 0.243 e. The molecule has 1 atom stereocenters. The van der Waals surface area contributed by atoms with Crippen molar-refractivity contribution in [3.8, 4) is 5.75 Å². The van der Waals surface area contributed by atoms with Crippen molar-refractivity contribution in [2.24, 2.45) is 5.10 Å². The zero-order chi connectivity index (χ0) is 16.4. The van der Waals surface area contributed by atoms with Crippen LogP contribution >= 0.6 is 11.6 Å². The summed E-state index contributed by atoms with van der Waals surface area (Å²) in [6, 6.07) is 14.5. The largest absolute Gasteiger partial charge is 0.497 e. The zero-order valence-corrected chi connectivity index (χ0v) is 13.4. The van der Waals surface area contributed by atoms with Gasteiger partial charge in [0.05, 0.1) is 7.11 Å². The molecule has 0 aliphatic carbocycles. The third kappa shape index (κ3) is 3.00. The summed E-state index contributed by atoms with van der Waals surface area (Å²) in [6.07, 6.45) is -0.668. The highest BCUT2D eigenvalue weighted by molar-refractivity contribution is 6.31. The molecule has 6 heteroatoms. The minimum absolute atomic E-state index is 0.224. The van der Waals surface area contributed by atoms with Crippen molar-refractivity contribution in [2.45, 2.75) is 13.2 Å². The molecule has 0 saturated carbocycles. The second-order valence-corrected chi connectivity index (χ2v) is 5.40. The molecule has 0 radical (unpaired) electrons. The van der Waals surface area contributed by atoms with Crippen molar-refractivity contribution in [2.75, 3.05) is 7.11 Å². The molecule has 5 nitrogen and oxygen atoms in total. The first-order valence-electron chi connectivity index (χ1n) is 7.04. The molecule has 0 aromatic heterocycles. The van der Waals surface area contributed by atoms with Gasteiger partial charge < -0.3 is 9.47 Å². The maximum atomic E-state index is 11.9. The van der Waals surface area contributed by atoms with Gasteiger partial charge in [0, 0.05) is 23.1 Å². The summed E-state index contributed by atoms with van der Waals surface area (Å²) in [6.45, 7) is 1.44. The van der Waals surface area contributed by atoms with Crippen LogP contribution in [0, 0.1) is 0 Å². The molecule has 2 aromatic carbocycles. The Morgan fingerprint density at radius 3 is 2.52 bits per heavy atom. The molecule has 1 heterocycles. The molecule has 1 amide bonds. The number of hydrogen-bond donors (Lipinski definition) is 0. The summed E-state index contributed by atoms with van der Waals surface area (Å²) in [5, 5.41) is 6.11. The zero-order valence-electron chi connectivity index (χ0n) is 12.7. The van der Waals surface area contributed by atoms with Crippen LogP contribution in [0.5, 0.6) is 5.75 Å². The number of nitrogens with zero attached hydrogens (tertiary/aromatic N) is 2. The summed E-state index contributed by atoms with van der Waals surface area (Å²) in [4.78, 5) is 11.9. The van der Waals surface area contributed by atoms with Crippen molar-refractivity contribution >= 4 is 23.4 Å². The molecule has 1 aliphatic rings. The Morgan fingerprint density at radius 1 is 1.22 bits per heavy atom. The summed E-state index contributed by atoms with van der Waals surface area (Å²) in [5.74, 6) is 0.879. The third-order valence-corrected chi connectivity index (χ3v) is 3.82. The number of benzene rings is 2. The maximum absolute atomic E-state index is 11.9. The van der Waals surface area contributed by atoms with E-state index >= 15 is 0 Å². The van der Waals surface area contributed by atoms with E-state index in [1.165, 1.54) is 11.9 Å². The summed E-state index contributed by atoms with van der Waals surface area (Å²) < 4.78 is 11.0. The van der Waals surface area contributed by atoms with Gasteiger partial charge in [-0.05, 0) is 30.3 Å². The van der Waals surface area contributed by atoms with Gasteiger partial charge in [-0.3, -0.25) is 4.79 Å². The molecule has 23 heavy (non-hydrogen) atoms. The third-order valence-electron chi connectivity index (χ3n) is 3.47. The molecule has 3 rings (SSSR count). The average molecular weight is 331 g/mol. The predicted octanol–water partition coefficient (Wildman–Crippen LogP) is 3.59. The fraction of sp³-hybridized carbons (Fsp3) is 0.176. The van der Waals surface area contributed by atoms with Gasteiger partial charge in [-0.15, -0.1) is 5.10 Å². The van der Waals surface area contributed by atoms with E-state index in [1.54, 1.807) is 13.2 Å². The summed E-state index contributed by atoms with van der Waals surface area (Å²) in [5.41, 5.74) is 1.45. The molecule has 1 aliphatic heterocycles. The van der Waals surface area contributed by atoms with Crippen molar-refractivity contribution < 1.29 is 14.3 Å². The smallest absolute Gasteiger partial charge is 0.243 e. The molecule has 0 saturated heterocycles. The van der Waals surface area contributed by atoms with E-state index < -0.39 is 6.23 Å². The lowest BCUT2D eigenvalue weighted by Crippen LogP contribution is -2.25. The number of halogens is 1. The molecule has 0 N–H and O–H groups in total. The number of methoxy groups -OCH3 is 1. The van der Waals surface area contributed by atoms with Crippen molar-refractivity contribution in [3.05, 3.63) is 64.7 Å². The topological polar surface area (TPSA) is 51.1 Å². The van der Waals surface area contributed by atoms with Crippen LogP contribution in [0.4, 0.5) is 0 Å². The van der Waals surface area contributed by atoms with E-state index in [9.17, 15) is 4.79 Å². The quantitative estimate of drug-likeness (QED) is 0.864. The normalized spacial score (nSPS) is 16.7. The van der Waals surface area contributed by atoms with Crippen molar-refractivity contribution in [1.82, 2.24) is 5.01 Å². The Labute approximate surface area is 139 Å².